The average Bonchev–Trinajstić information content (AvgIpc) is 2.89. The van der Waals surface area contributed by atoms with Crippen LogP contribution in [0, 0.1) is 11.8 Å². The van der Waals surface area contributed by atoms with E-state index in [0.29, 0.717) is 5.88 Å². The second kappa shape index (κ2) is 3.92. The molecule has 2 fully saturated rings. The number of methoxy groups -OCH3 is 1. The zero-order chi connectivity index (χ0) is 11.0. The van der Waals surface area contributed by atoms with Crippen LogP contribution in [0.5, 0.6) is 5.88 Å². The molecule has 0 amide bonds. The number of anilines is 1. The lowest BCUT2D eigenvalue weighted by Gasteiger charge is -2.18. The van der Waals surface area contributed by atoms with Crippen molar-refractivity contribution in [1.29, 1.82) is 0 Å². The maximum Gasteiger partial charge on any atom is 0.218 e. The number of hydrogen-bond donors (Lipinski definition) is 0. The number of nitrogens with zero attached hydrogens (tertiary/aromatic N) is 3. The lowest BCUT2D eigenvalue weighted by atomic mass is 10.0. The number of fused-ring (bicyclic) bond motifs is 1. The van der Waals surface area contributed by atoms with Gasteiger partial charge in [-0.15, -0.1) is 0 Å². The summed E-state index contributed by atoms with van der Waals surface area (Å²) in [6.07, 6.45) is 5.78. The van der Waals surface area contributed by atoms with Gasteiger partial charge in [-0.25, -0.2) is 9.97 Å². The van der Waals surface area contributed by atoms with Crippen molar-refractivity contribution >= 4 is 5.82 Å². The molecule has 1 aromatic rings. The molecule has 4 nitrogen and oxygen atoms in total. The second-order valence-electron chi connectivity index (χ2n) is 4.77. The summed E-state index contributed by atoms with van der Waals surface area (Å²) >= 11 is 0. The van der Waals surface area contributed by atoms with Gasteiger partial charge in [0, 0.05) is 19.2 Å². The van der Waals surface area contributed by atoms with Crippen LogP contribution in [0.1, 0.15) is 19.3 Å². The van der Waals surface area contributed by atoms with Crippen molar-refractivity contribution in [1.82, 2.24) is 9.97 Å². The summed E-state index contributed by atoms with van der Waals surface area (Å²) in [6.45, 7) is 2.32. The molecule has 0 radical (unpaired) electrons. The Morgan fingerprint density at radius 1 is 1.25 bits per heavy atom. The molecule has 0 N–H and O–H groups in total. The number of rotatable bonds is 2. The van der Waals surface area contributed by atoms with E-state index in [1.807, 2.05) is 6.07 Å². The van der Waals surface area contributed by atoms with Gasteiger partial charge in [0.1, 0.15) is 12.1 Å². The highest BCUT2D eigenvalue weighted by molar-refractivity contribution is 5.42. The summed E-state index contributed by atoms with van der Waals surface area (Å²) in [5, 5.41) is 0. The summed E-state index contributed by atoms with van der Waals surface area (Å²) in [4.78, 5) is 10.7. The maximum absolute atomic E-state index is 5.13. The monoisotopic (exact) mass is 219 g/mol. The van der Waals surface area contributed by atoms with Gasteiger partial charge in [-0.05, 0) is 24.7 Å². The first kappa shape index (κ1) is 9.87. The van der Waals surface area contributed by atoms with Crippen LogP contribution < -0.4 is 9.64 Å². The molecule has 4 heteroatoms. The number of ether oxygens (including phenoxy) is 1. The molecule has 2 heterocycles. The predicted octanol–water partition coefficient (Wildman–Crippen LogP) is 1.72. The number of aromatic nitrogens is 2. The van der Waals surface area contributed by atoms with Crippen molar-refractivity contribution in [2.24, 2.45) is 11.8 Å². The van der Waals surface area contributed by atoms with Crippen LogP contribution in [-0.4, -0.2) is 30.2 Å². The lowest BCUT2D eigenvalue weighted by Crippen LogP contribution is -2.21. The highest BCUT2D eigenvalue weighted by Crippen LogP contribution is 2.39. The van der Waals surface area contributed by atoms with Crippen molar-refractivity contribution in [2.45, 2.75) is 19.3 Å². The van der Waals surface area contributed by atoms with Gasteiger partial charge >= 0.3 is 0 Å². The second-order valence-corrected chi connectivity index (χ2v) is 4.77. The van der Waals surface area contributed by atoms with E-state index in [2.05, 4.69) is 14.9 Å². The third-order valence-corrected chi connectivity index (χ3v) is 3.89. The van der Waals surface area contributed by atoms with Gasteiger partial charge in [0.05, 0.1) is 7.11 Å². The van der Waals surface area contributed by atoms with Gasteiger partial charge in [-0.1, -0.05) is 6.42 Å². The first-order valence-corrected chi connectivity index (χ1v) is 5.98. The molecule has 16 heavy (non-hydrogen) atoms. The number of hydrogen-bond acceptors (Lipinski definition) is 4. The van der Waals surface area contributed by atoms with E-state index in [1.165, 1.54) is 19.3 Å². The van der Waals surface area contributed by atoms with Crippen molar-refractivity contribution in [3.63, 3.8) is 0 Å². The van der Waals surface area contributed by atoms with Crippen LogP contribution in [-0.2, 0) is 0 Å². The third-order valence-electron chi connectivity index (χ3n) is 3.89. The molecule has 1 aliphatic heterocycles. The van der Waals surface area contributed by atoms with Gasteiger partial charge in [0.15, 0.2) is 0 Å². The molecule has 1 saturated carbocycles. The van der Waals surface area contributed by atoms with E-state index in [0.717, 1.165) is 30.7 Å². The van der Waals surface area contributed by atoms with Gasteiger partial charge < -0.3 is 9.64 Å². The van der Waals surface area contributed by atoms with Crippen LogP contribution >= 0.6 is 0 Å². The average molecular weight is 219 g/mol. The van der Waals surface area contributed by atoms with Crippen molar-refractivity contribution in [3.05, 3.63) is 12.4 Å². The fourth-order valence-corrected chi connectivity index (χ4v) is 3.04. The Kier molecular flexibility index (Phi) is 2.42. The molecule has 1 aromatic heterocycles. The molecule has 2 aliphatic rings. The molecule has 2 unspecified atom stereocenters. The van der Waals surface area contributed by atoms with Gasteiger partial charge in [0.25, 0.3) is 0 Å². The molecule has 3 rings (SSSR count). The summed E-state index contributed by atoms with van der Waals surface area (Å²) in [7, 11) is 1.64. The Hall–Kier alpha value is -1.32. The zero-order valence-electron chi connectivity index (χ0n) is 9.59. The minimum absolute atomic E-state index is 0.655. The SMILES string of the molecule is COc1cc(N2CC3CCCC3C2)ncn1. The first-order chi connectivity index (χ1) is 7.86. The van der Waals surface area contributed by atoms with Gasteiger partial charge in [-0.2, -0.15) is 0 Å². The molecule has 0 bridgehead atoms. The van der Waals surface area contributed by atoms with Crippen LogP contribution in [0.2, 0.25) is 0 Å². The molecule has 1 saturated heterocycles. The van der Waals surface area contributed by atoms with Gasteiger partial charge in [-0.3, -0.25) is 0 Å². The Morgan fingerprint density at radius 2 is 2.00 bits per heavy atom. The van der Waals surface area contributed by atoms with E-state index in [4.69, 9.17) is 4.74 Å². The molecule has 2 atom stereocenters. The van der Waals surface area contributed by atoms with E-state index in [9.17, 15) is 0 Å². The van der Waals surface area contributed by atoms with Crippen LogP contribution in [0.15, 0.2) is 12.4 Å². The van der Waals surface area contributed by atoms with E-state index >= 15 is 0 Å². The Labute approximate surface area is 95.7 Å². The first-order valence-electron chi connectivity index (χ1n) is 5.98. The summed E-state index contributed by atoms with van der Waals surface area (Å²) in [6, 6.07) is 1.93. The Bertz CT molecular complexity index is 370. The summed E-state index contributed by atoms with van der Waals surface area (Å²) < 4.78 is 5.13. The largest absolute Gasteiger partial charge is 0.481 e. The van der Waals surface area contributed by atoms with E-state index < -0.39 is 0 Å². The summed E-state index contributed by atoms with van der Waals surface area (Å²) in [5.74, 6) is 3.45. The Balaban J connectivity index is 1.78. The lowest BCUT2D eigenvalue weighted by molar-refractivity contribution is 0.397. The van der Waals surface area contributed by atoms with Crippen LogP contribution in [0.25, 0.3) is 0 Å². The topological polar surface area (TPSA) is 38.2 Å². The van der Waals surface area contributed by atoms with Crippen LogP contribution in [0.4, 0.5) is 5.82 Å². The fraction of sp³-hybridized carbons (Fsp3) is 0.667. The molecule has 86 valence electrons. The molecule has 1 aliphatic carbocycles. The molecular weight excluding hydrogens is 202 g/mol. The quantitative estimate of drug-likeness (QED) is 0.759. The highest BCUT2D eigenvalue weighted by atomic mass is 16.5. The third kappa shape index (κ3) is 1.62. The standard InChI is InChI=1S/C12H17N3O/c1-16-12-5-11(13-8-14-12)15-6-9-3-2-4-10(9)7-15/h5,8-10H,2-4,6-7H2,1H3. The molecule has 0 spiro atoms. The fourth-order valence-electron chi connectivity index (χ4n) is 3.04. The maximum atomic E-state index is 5.13. The van der Waals surface area contributed by atoms with Crippen molar-refractivity contribution in [3.8, 4) is 5.88 Å². The minimum atomic E-state index is 0.655. The smallest absolute Gasteiger partial charge is 0.218 e. The highest BCUT2D eigenvalue weighted by Gasteiger charge is 2.36. The van der Waals surface area contributed by atoms with Crippen LogP contribution in [0.3, 0.4) is 0 Å². The van der Waals surface area contributed by atoms with E-state index in [1.54, 1.807) is 13.4 Å². The minimum Gasteiger partial charge on any atom is -0.481 e. The predicted molar refractivity (Wildman–Crippen MR) is 61.6 cm³/mol. The molecular formula is C12H17N3O. The molecule has 0 aromatic carbocycles. The van der Waals surface area contributed by atoms with Crippen molar-refractivity contribution in [2.75, 3.05) is 25.1 Å². The Morgan fingerprint density at radius 3 is 2.69 bits per heavy atom. The normalized spacial score (nSPS) is 28.2. The van der Waals surface area contributed by atoms with E-state index in [-0.39, 0.29) is 0 Å². The summed E-state index contributed by atoms with van der Waals surface area (Å²) in [5.41, 5.74) is 0. The van der Waals surface area contributed by atoms with Gasteiger partial charge in [0.2, 0.25) is 5.88 Å². The van der Waals surface area contributed by atoms with Crippen molar-refractivity contribution < 1.29 is 4.74 Å². The zero-order valence-corrected chi connectivity index (χ0v) is 9.59.